The molecule has 1 amide bonds. The molecule has 0 heterocycles. The number of hydrogen-bond acceptors (Lipinski definition) is 5. The fourth-order valence-corrected chi connectivity index (χ4v) is 7.93. The smallest absolute Gasteiger partial charge is 0.306 e. The minimum absolute atomic E-state index is 0.0590. The van der Waals surface area contributed by atoms with Gasteiger partial charge in [0.1, 0.15) is 6.10 Å². The maximum Gasteiger partial charge on any atom is 0.306 e. The molecule has 0 saturated carbocycles. The molecular formula is C57H101NO5. The van der Waals surface area contributed by atoms with Crippen LogP contribution in [0.3, 0.4) is 0 Å². The Labute approximate surface area is 390 Å². The van der Waals surface area contributed by atoms with E-state index in [4.69, 9.17) is 4.74 Å². The van der Waals surface area contributed by atoms with E-state index in [-0.39, 0.29) is 24.9 Å². The van der Waals surface area contributed by atoms with E-state index in [0.29, 0.717) is 19.3 Å². The van der Waals surface area contributed by atoms with Gasteiger partial charge in [-0.25, -0.2) is 0 Å². The normalized spacial score (nSPS) is 13.8. The van der Waals surface area contributed by atoms with Gasteiger partial charge in [0.2, 0.25) is 5.91 Å². The van der Waals surface area contributed by atoms with Gasteiger partial charge in [-0.15, -0.1) is 0 Å². The molecule has 6 heteroatoms. The first kappa shape index (κ1) is 60.3. The van der Waals surface area contributed by atoms with Gasteiger partial charge in [0.15, 0.2) is 0 Å². The van der Waals surface area contributed by atoms with Crippen molar-refractivity contribution in [1.82, 2.24) is 5.32 Å². The standard InChI is InChI=1S/C57H101NO5/c1-4-7-10-13-16-19-22-25-27-28-30-32-35-38-41-44-47-50-57(62)63-53(48-45-42-39-36-33-24-21-18-15-12-9-6-3)51-56(61)58-54(52-59)55(60)49-46-43-40-37-34-31-29-26-23-20-17-14-11-8-5-2/h7,10,13,16,19,22,25,27-28,30,32,35,53-55,59-60H,4-6,8-9,11-12,14-15,17-18,20-21,23-24,26,29,31,33-34,36-52H2,1-3H3,(H,58,61)/b10-7-,16-13+,22-19+,27-25-,30-28+,35-32+. The van der Waals surface area contributed by atoms with Crippen LogP contribution in [0.5, 0.6) is 0 Å². The van der Waals surface area contributed by atoms with Crippen molar-refractivity contribution in [2.24, 2.45) is 0 Å². The maximum absolute atomic E-state index is 13.2. The van der Waals surface area contributed by atoms with Crippen LogP contribution in [-0.4, -0.2) is 46.9 Å². The summed E-state index contributed by atoms with van der Waals surface area (Å²) in [7, 11) is 0. The van der Waals surface area contributed by atoms with Crippen LogP contribution in [0.2, 0.25) is 0 Å². The van der Waals surface area contributed by atoms with E-state index < -0.39 is 18.2 Å². The molecule has 63 heavy (non-hydrogen) atoms. The van der Waals surface area contributed by atoms with Gasteiger partial charge in [-0.1, -0.05) is 267 Å². The van der Waals surface area contributed by atoms with E-state index in [2.05, 4.69) is 50.4 Å². The molecular weight excluding hydrogens is 779 g/mol. The number of esters is 1. The van der Waals surface area contributed by atoms with E-state index >= 15 is 0 Å². The number of carbonyl (C=O) groups excluding carboxylic acids is 2. The summed E-state index contributed by atoms with van der Waals surface area (Å²) < 4.78 is 5.92. The Morgan fingerprint density at radius 1 is 0.476 bits per heavy atom. The summed E-state index contributed by atoms with van der Waals surface area (Å²) in [5, 5.41) is 23.8. The Morgan fingerprint density at radius 3 is 1.29 bits per heavy atom. The number of carbonyl (C=O) groups is 2. The van der Waals surface area contributed by atoms with Gasteiger partial charge in [0.05, 0.1) is 25.2 Å². The van der Waals surface area contributed by atoms with Crippen LogP contribution in [0.25, 0.3) is 0 Å². The number of unbranched alkanes of at least 4 members (excludes halogenated alkanes) is 28. The highest BCUT2D eigenvalue weighted by Gasteiger charge is 2.24. The van der Waals surface area contributed by atoms with Crippen molar-refractivity contribution in [3.8, 4) is 0 Å². The summed E-state index contributed by atoms with van der Waals surface area (Å²) in [6.07, 6.45) is 63.8. The lowest BCUT2D eigenvalue weighted by molar-refractivity contribution is -0.151. The summed E-state index contributed by atoms with van der Waals surface area (Å²) in [5.74, 6) is -0.521. The van der Waals surface area contributed by atoms with E-state index in [1.807, 2.05) is 48.6 Å². The van der Waals surface area contributed by atoms with E-state index in [0.717, 1.165) is 70.6 Å². The zero-order valence-electron chi connectivity index (χ0n) is 41.4. The van der Waals surface area contributed by atoms with Gasteiger partial charge < -0.3 is 20.3 Å². The number of nitrogens with one attached hydrogen (secondary N) is 1. The van der Waals surface area contributed by atoms with Gasteiger partial charge in [0.25, 0.3) is 0 Å². The molecule has 0 saturated heterocycles. The van der Waals surface area contributed by atoms with Gasteiger partial charge in [0, 0.05) is 6.42 Å². The zero-order valence-corrected chi connectivity index (χ0v) is 41.4. The second kappa shape index (κ2) is 50.3. The van der Waals surface area contributed by atoms with Crippen molar-refractivity contribution in [3.05, 3.63) is 72.9 Å². The number of aliphatic hydroxyl groups is 2. The molecule has 3 atom stereocenters. The molecule has 0 aliphatic heterocycles. The Balaban J connectivity index is 4.62. The summed E-state index contributed by atoms with van der Waals surface area (Å²) in [6, 6.07) is -0.712. The van der Waals surface area contributed by atoms with Gasteiger partial charge in [-0.2, -0.15) is 0 Å². The fraction of sp³-hybridized carbons (Fsp3) is 0.754. The first-order valence-corrected chi connectivity index (χ1v) is 26.7. The summed E-state index contributed by atoms with van der Waals surface area (Å²) in [5.41, 5.74) is 0. The maximum atomic E-state index is 13.2. The Bertz CT molecular complexity index is 1170. The minimum Gasteiger partial charge on any atom is -0.462 e. The third-order valence-electron chi connectivity index (χ3n) is 12.0. The quantitative estimate of drug-likeness (QED) is 0.0321. The Morgan fingerprint density at radius 2 is 0.857 bits per heavy atom. The highest BCUT2D eigenvalue weighted by Crippen LogP contribution is 2.18. The predicted octanol–water partition coefficient (Wildman–Crippen LogP) is 16.2. The lowest BCUT2D eigenvalue weighted by atomic mass is 10.0. The molecule has 3 N–H and O–H groups in total. The van der Waals surface area contributed by atoms with Gasteiger partial charge in [-0.3, -0.25) is 9.59 Å². The van der Waals surface area contributed by atoms with Gasteiger partial charge in [-0.05, 0) is 44.9 Å². The third-order valence-corrected chi connectivity index (χ3v) is 12.0. The van der Waals surface area contributed by atoms with Crippen LogP contribution in [-0.2, 0) is 14.3 Å². The average molecular weight is 880 g/mol. The molecule has 0 aliphatic carbocycles. The van der Waals surface area contributed by atoms with Crippen LogP contribution in [0.15, 0.2) is 72.9 Å². The van der Waals surface area contributed by atoms with Crippen molar-refractivity contribution in [1.29, 1.82) is 0 Å². The Kier molecular flexibility index (Phi) is 48.1. The highest BCUT2D eigenvalue weighted by molar-refractivity contribution is 5.77. The van der Waals surface area contributed by atoms with Crippen molar-refractivity contribution in [2.75, 3.05) is 6.61 Å². The molecule has 0 aromatic heterocycles. The minimum atomic E-state index is -0.797. The lowest BCUT2D eigenvalue weighted by Gasteiger charge is -2.24. The largest absolute Gasteiger partial charge is 0.462 e. The number of hydrogen-bond donors (Lipinski definition) is 3. The topological polar surface area (TPSA) is 95.9 Å². The summed E-state index contributed by atoms with van der Waals surface area (Å²) >= 11 is 0. The first-order valence-electron chi connectivity index (χ1n) is 26.7. The molecule has 0 bridgehead atoms. The number of amides is 1. The number of allylic oxidation sites excluding steroid dienone is 12. The average Bonchev–Trinajstić information content (AvgIpc) is 3.28. The van der Waals surface area contributed by atoms with Crippen molar-refractivity contribution >= 4 is 11.9 Å². The molecule has 0 aliphatic rings. The van der Waals surface area contributed by atoms with E-state index in [1.165, 1.54) is 135 Å². The van der Waals surface area contributed by atoms with Crippen LogP contribution in [0.1, 0.15) is 252 Å². The molecule has 0 rings (SSSR count). The molecule has 0 aromatic rings. The van der Waals surface area contributed by atoms with Crippen LogP contribution >= 0.6 is 0 Å². The first-order chi connectivity index (χ1) is 31.0. The van der Waals surface area contributed by atoms with Gasteiger partial charge >= 0.3 is 5.97 Å². The molecule has 0 radical (unpaired) electrons. The van der Waals surface area contributed by atoms with Crippen LogP contribution < -0.4 is 5.32 Å². The molecule has 3 unspecified atom stereocenters. The Hall–Kier alpha value is -2.70. The van der Waals surface area contributed by atoms with Crippen LogP contribution in [0.4, 0.5) is 0 Å². The monoisotopic (exact) mass is 880 g/mol. The predicted molar refractivity (Wildman–Crippen MR) is 273 cm³/mol. The number of rotatable bonds is 47. The fourth-order valence-electron chi connectivity index (χ4n) is 7.93. The van der Waals surface area contributed by atoms with Crippen molar-refractivity contribution in [2.45, 2.75) is 270 Å². The zero-order chi connectivity index (χ0) is 45.9. The van der Waals surface area contributed by atoms with E-state index in [9.17, 15) is 19.8 Å². The molecule has 6 nitrogen and oxygen atoms in total. The SMILES string of the molecule is CC\C=C/C=C/C=C/C=C\C=C\C=C\CCCCCC(=O)OC(CCCCCCCCCCCCCC)CC(=O)NC(CO)C(O)CCCCCCCCCCCCCCCCC. The molecule has 0 fully saturated rings. The van der Waals surface area contributed by atoms with Crippen molar-refractivity contribution < 1.29 is 24.5 Å². The highest BCUT2D eigenvalue weighted by atomic mass is 16.5. The van der Waals surface area contributed by atoms with Crippen LogP contribution in [0, 0.1) is 0 Å². The second-order valence-electron chi connectivity index (χ2n) is 18.1. The second-order valence-corrected chi connectivity index (χ2v) is 18.1. The molecule has 0 spiro atoms. The number of aliphatic hydroxyl groups excluding tert-OH is 2. The molecule has 364 valence electrons. The lowest BCUT2D eigenvalue weighted by Crippen LogP contribution is -2.46. The summed E-state index contributed by atoms with van der Waals surface area (Å²) in [6.45, 7) is 6.34. The summed E-state index contributed by atoms with van der Waals surface area (Å²) in [4.78, 5) is 26.2. The molecule has 0 aromatic carbocycles. The number of ether oxygens (including phenoxy) is 1. The van der Waals surface area contributed by atoms with E-state index in [1.54, 1.807) is 0 Å². The van der Waals surface area contributed by atoms with Crippen molar-refractivity contribution in [3.63, 3.8) is 0 Å². The third kappa shape index (κ3) is 45.7.